The maximum atomic E-state index is 12.2. The van der Waals surface area contributed by atoms with E-state index in [0.717, 1.165) is 6.54 Å². The Kier molecular flexibility index (Phi) is 2.87. The maximum absolute atomic E-state index is 12.2. The number of β-lactam (4-membered cyclic amide) rings is 1. The van der Waals surface area contributed by atoms with Gasteiger partial charge in [-0.2, -0.15) is 0 Å². The van der Waals surface area contributed by atoms with Crippen molar-refractivity contribution in [3.05, 3.63) is 35.9 Å². The highest BCUT2D eigenvalue weighted by Crippen LogP contribution is 2.34. The predicted octanol–water partition coefficient (Wildman–Crippen LogP) is 2.95. The lowest BCUT2D eigenvalue weighted by Gasteiger charge is -2.45. The smallest absolute Gasteiger partial charge is 0.232 e. The topological polar surface area (TPSA) is 20.3 Å². The molecule has 2 aliphatic rings. The number of benzene rings is 1. The Morgan fingerprint density at radius 1 is 1.00 bits per heavy atom. The van der Waals surface area contributed by atoms with Gasteiger partial charge in [0.2, 0.25) is 5.91 Å². The van der Waals surface area contributed by atoms with Crippen LogP contribution >= 0.6 is 0 Å². The first-order valence-electron chi connectivity index (χ1n) is 6.71. The number of nitrogens with zero attached hydrogens (tertiary/aromatic N) is 1. The van der Waals surface area contributed by atoms with E-state index >= 15 is 0 Å². The Morgan fingerprint density at radius 2 is 1.71 bits per heavy atom. The Bertz CT molecular complexity index is 395. The van der Waals surface area contributed by atoms with E-state index in [0.29, 0.717) is 11.9 Å². The number of amides is 1. The van der Waals surface area contributed by atoms with Crippen LogP contribution in [0.4, 0.5) is 0 Å². The normalized spacial score (nSPS) is 25.8. The Morgan fingerprint density at radius 3 is 2.35 bits per heavy atom. The summed E-state index contributed by atoms with van der Waals surface area (Å²) in [6.07, 6.45) is 6.37. The minimum Gasteiger partial charge on any atom is -0.338 e. The van der Waals surface area contributed by atoms with Crippen LogP contribution in [0.25, 0.3) is 0 Å². The predicted molar refractivity (Wildman–Crippen MR) is 67.8 cm³/mol. The van der Waals surface area contributed by atoms with Gasteiger partial charge >= 0.3 is 0 Å². The quantitative estimate of drug-likeness (QED) is 0.714. The molecule has 0 bridgehead atoms. The van der Waals surface area contributed by atoms with Gasteiger partial charge in [0.05, 0.1) is 5.92 Å². The monoisotopic (exact) mass is 229 g/mol. The highest BCUT2D eigenvalue weighted by atomic mass is 16.2. The summed E-state index contributed by atoms with van der Waals surface area (Å²) in [5.41, 5.74) is 1.18. The molecule has 1 saturated carbocycles. The summed E-state index contributed by atoms with van der Waals surface area (Å²) in [5, 5.41) is 0. The second-order valence-corrected chi connectivity index (χ2v) is 5.25. The molecule has 1 saturated heterocycles. The Labute approximate surface area is 103 Å². The van der Waals surface area contributed by atoms with Crippen molar-refractivity contribution in [2.45, 2.75) is 44.1 Å². The molecule has 1 aliphatic heterocycles. The number of hydrogen-bond donors (Lipinski definition) is 0. The third-order valence-corrected chi connectivity index (χ3v) is 4.18. The molecule has 0 aromatic heterocycles. The third-order valence-electron chi connectivity index (χ3n) is 4.18. The lowest BCUT2D eigenvalue weighted by atomic mass is 9.85. The molecule has 0 radical (unpaired) electrons. The van der Waals surface area contributed by atoms with Crippen molar-refractivity contribution >= 4 is 5.91 Å². The van der Waals surface area contributed by atoms with Crippen molar-refractivity contribution in [1.82, 2.24) is 4.90 Å². The molecular formula is C15H19NO. The number of rotatable bonds is 2. The number of carbonyl (C=O) groups excluding carboxylic acids is 1. The van der Waals surface area contributed by atoms with Gasteiger partial charge in [-0.3, -0.25) is 4.79 Å². The fraction of sp³-hybridized carbons (Fsp3) is 0.533. The van der Waals surface area contributed by atoms with Gasteiger partial charge in [0.15, 0.2) is 0 Å². The largest absolute Gasteiger partial charge is 0.338 e. The summed E-state index contributed by atoms with van der Waals surface area (Å²) in [7, 11) is 0. The second kappa shape index (κ2) is 4.52. The summed E-state index contributed by atoms with van der Waals surface area (Å²) in [4.78, 5) is 14.3. The molecule has 1 aromatic carbocycles. The van der Waals surface area contributed by atoms with Crippen molar-refractivity contribution < 1.29 is 4.79 Å². The Balaban J connectivity index is 1.65. The van der Waals surface area contributed by atoms with Gasteiger partial charge in [-0.25, -0.2) is 0 Å². The van der Waals surface area contributed by atoms with Gasteiger partial charge in [-0.05, 0) is 18.4 Å². The molecule has 2 nitrogen and oxygen atoms in total. The third kappa shape index (κ3) is 1.97. The number of hydrogen-bond acceptors (Lipinski definition) is 1. The fourth-order valence-corrected chi connectivity index (χ4v) is 3.11. The number of carbonyl (C=O) groups is 1. The second-order valence-electron chi connectivity index (χ2n) is 5.25. The first-order valence-corrected chi connectivity index (χ1v) is 6.71. The van der Waals surface area contributed by atoms with Crippen LogP contribution in [0.5, 0.6) is 0 Å². The van der Waals surface area contributed by atoms with Crippen LogP contribution in [0.2, 0.25) is 0 Å². The highest BCUT2D eigenvalue weighted by Gasteiger charge is 2.41. The molecule has 1 unspecified atom stereocenters. The number of likely N-dealkylation sites (tertiary alicyclic amines) is 1. The van der Waals surface area contributed by atoms with Gasteiger partial charge in [-0.15, -0.1) is 0 Å². The van der Waals surface area contributed by atoms with Crippen LogP contribution in [0, 0.1) is 0 Å². The first kappa shape index (κ1) is 10.8. The summed E-state index contributed by atoms with van der Waals surface area (Å²) in [6, 6.07) is 10.7. The van der Waals surface area contributed by atoms with E-state index in [4.69, 9.17) is 0 Å². The maximum Gasteiger partial charge on any atom is 0.232 e. The van der Waals surface area contributed by atoms with Crippen LogP contribution in [-0.2, 0) is 4.79 Å². The van der Waals surface area contributed by atoms with Gasteiger partial charge < -0.3 is 4.90 Å². The zero-order chi connectivity index (χ0) is 11.7. The van der Waals surface area contributed by atoms with Crippen molar-refractivity contribution in [3.8, 4) is 0 Å². The van der Waals surface area contributed by atoms with Crippen molar-refractivity contribution in [2.24, 2.45) is 0 Å². The average Bonchev–Trinajstić information content (AvgIpc) is 2.40. The van der Waals surface area contributed by atoms with Gasteiger partial charge in [-0.1, -0.05) is 49.6 Å². The molecular weight excluding hydrogens is 210 g/mol. The van der Waals surface area contributed by atoms with Crippen LogP contribution in [-0.4, -0.2) is 23.4 Å². The fourth-order valence-electron chi connectivity index (χ4n) is 3.11. The molecule has 3 rings (SSSR count). The molecule has 1 atom stereocenters. The van der Waals surface area contributed by atoms with E-state index in [2.05, 4.69) is 17.0 Å². The zero-order valence-electron chi connectivity index (χ0n) is 10.1. The van der Waals surface area contributed by atoms with E-state index in [1.807, 2.05) is 18.2 Å². The molecule has 1 heterocycles. The first-order chi connectivity index (χ1) is 8.36. The lowest BCUT2D eigenvalue weighted by molar-refractivity contribution is -0.147. The minimum absolute atomic E-state index is 0.137. The average molecular weight is 229 g/mol. The Hall–Kier alpha value is -1.31. The molecule has 0 spiro atoms. The molecule has 2 heteroatoms. The van der Waals surface area contributed by atoms with Gasteiger partial charge in [0.25, 0.3) is 0 Å². The van der Waals surface area contributed by atoms with E-state index in [1.165, 1.54) is 37.7 Å². The molecule has 1 amide bonds. The lowest BCUT2D eigenvalue weighted by Crippen LogP contribution is -2.55. The van der Waals surface area contributed by atoms with E-state index < -0.39 is 0 Å². The SMILES string of the molecule is O=C1C(c2ccccc2)CN1C1CCCCC1. The van der Waals surface area contributed by atoms with Crippen LogP contribution < -0.4 is 0 Å². The summed E-state index contributed by atoms with van der Waals surface area (Å²) in [5.74, 6) is 0.487. The minimum atomic E-state index is 0.137. The van der Waals surface area contributed by atoms with E-state index in [-0.39, 0.29) is 5.92 Å². The molecule has 17 heavy (non-hydrogen) atoms. The zero-order valence-corrected chi connectivity index (χ0v) is 10.1. The molecule has 2 fully saturated rings. The van der Waals surface area contributed by atoms with E-state index in [1.54, 1.807) is 0 Å². The van der Waals surface area contributed by atoms with Crippen molar-refractivity contribution in [1.29, 1.82) is 0 Å². The van der Waals surface area contributed by atoms with Gasteiger partial charge in [0.1, 0.15) is 0 Å². The standard InChI is InChI=1S/C15H19NO/c17-15-14(12-7-3-1-4-8-12)11-16(15)13-9-5-2-6-10-13/h1,3-4,7-8,13-14H,2,5-6,9-11H2. The van der Waals surface area contributed by atoms with Crippen LogP contribution in [0.15, 0.2) is 30.3 Å². The van der Waals surface area contributed by atoms with Crippen molar-refractivity contribution in [3.63, 3.8) is 0 Å². The molecule has 1 aliphatic carbocycles. The summed E-state index contributed by atoms with van der Waals surface area (Å²) >= 11 is 0. The van der Waals surface area contributed by atoms with Crippen LogP contribution in [0.3, 0.4) is 0 Å². The molecule has 90 valence electrons. The van der Waals surface area contributed by atoms with Gasteiger partial charge in [0, 0.05) is 12.6 Å². The summed E-state index contributed by atoms with van der Waals surface area (Å²) < 4.78 is 0. The molecule has 1 aromatic rings. The van der Waals surface area contributed by atoms with Crippen molar-refractivity contribution in [2.75, 3.05) is 6.54 Å². The summed E-state index contributed by atoms with van der Waals surface area (Å²) in [6.45, 7) is 0.938. The highest BCUT2D eigenvalue weighted by molar-refractivity contribution is 5.90. The van der Waals surface area contributed by atoms with Crippen LogP contribution in [0.1, 0.15) is 43.6 Å². The molecule has 0 N–H and O–H groups in total. The van der Waals surface area contributed by atoms with E-state index in [9.17, 15) is 4.79 Å².